The smallest absolute Gasteiger partial charge is 0.316 e. The second-order valence-electron chi connectivity index (χ2n) is 4.70. The van der Waals surface area contributed by atoms with Gasteiger partial charge in [-0.15, -0.1) is 0 Å². The predicted octanol–water partition coefficient (Wildman–Crippen LogP) is 3.08. The molecule has 122 valence electrons. The summed E-state index contributed by atoms with van der Waals surface area (Å²) in [6.45, 7) is 1.52. The van der Waals surface area contributed by atoms with Crippen LogP contribution in [0.2, 0.25) is 5.02 Å². The third-order valence-corrected chi connectivity index (χ3v) is 4.62. The molecule has 2 rings (SSSR count). The number of aryl methyl sites for hydroxylation is 1. The average Bonchev–Trinajstić information content (AvgIpc) is 2.44. The molecule has 23 heavy (non-hydrogen) atoms. The number of nitrogens with one attached hydrogen (secondary N) is 2. The number of rotatable bonds is 4. The van der Waals surface area contributed by atoms with E-state index in [4.69, 9.17) is 17.3 Å². The first kappa shape index (κ1) is 17.0. The van der Waals surface area contributed by atoms with E-state index in [1.165, 1.54) is 37.3 Å². The third-order valence-electron chi connectivity index (χ3n) is 2.93. The van der Waals surface area contributed by atoms with Crippen molar-refractivity contribution in [3.8, 4) is 0 Å². The summed E-state index contributed by atoms with van der Waals surface area (Å²) in [4.78, 5) is 10.6. The predicted molar refractivity (Wildman–Crippen MR) is 86.6 cm³/mol. The van der Waals surface area contributed by atoms with Gasteiger partial charge in [0.2, 0.25) is 0 Å². The van der Waals surface area contributed by atoms with E-state index in [1.54, 1.807) is 0 Å². The molecule has 2 aromatic carbocycles. The van der Waals surface area contributed by atoms with Crippen LogP contribution in [-0.2, 0) is 10.0 Å². The summed E-state index contributed by atoms with van der Waals surface area (Å²) < 4.78 is 40.4. The molecule has 0 radical (unpaired) electrons. The maximum atomic E-state index is 13.6. The highest BCUT2D eigenvalue weighted by Gasteiger charge is 2.17. The van der Waals surface area contributed by atoms with Gasteiger partial charge in [0.25, 0.3) is 10.0 Å². The second kappa shape index (κ2) is 6.43. The number of carbonyl (C=O) groups excluding carboxylic acids is 1. The quantitative estimate of drug-likeness (QED) is 0.783. The van der Waals surface area contributed by atoms with Gasteiger partial charge in [0.15, 0.2) is 0 Å². The van der Waals surface area contributed by atoms with Crippen LogP contribution in [0.4, 0.5) is 20.6 Å². The van der Waals surface area contributed by atoms with Crippen molar-refractivity contribution in [2.24, 2.45) is 5.73 Å². The number of benzene rings is 2. The maximum Gasteiger partial charge on any atom is 0.316 e. The number of amides is 2. The van der Waals surface area contributed by atoms with E-state index in [2.05, 4.69) is 10.0 Å². The zero-order valence-electron chi connectivity index (χ0n) is 11.9. The topological polar surface area (TPSA) is 101 Å². The Balaban J connectivity index is 2.36. The van der Waals surface area contributed by atoms with Crippen molar-refractivity contribution in [2.75, 3.05) is 10.0 Å². The number of carbonyl (C=O) groups is 1. The fourth-order valence-corrected chi connectivity index (χ4v) is 3.07. The Morgan fingerprint density at radius 1 is 1.22 bits per heavy atom. The first-order valence-electron chi connectivity index (χ1n) is 6.34. The van der Waals surface area contributed by atoms with Gasteiger partial charge in [-0.25, -0.2) is 17.6 Å². The molecule has 0 saturated carbocycles. The summed E-state index contributed by atoms with van der Waals surface area (Å²) in [7, 11) is -4.04. The van der Waals surface area contributed by atoms with E-state index in [0.29, 0.717) is 5.56 Å². The lowest BCUT2D eigenvalue weighted by atomic mass is 10.2. The molecule has 0 spiro atoms. The van der Waals surface area contributed by atoms with Gasteiger partial charge in [-0.2, -0.15) is 0 Å². The summed E-state index contributed by atoms with van der Waals surface area (Å²) in [6, 6.07) is 6.89. The minimum atomic E-state index is -4.04. The van der Waals surface area contributed by atoms with Crippen molar-refractivity contribution < 1.29 is 17.6 Å². The molecule has 2 aromatic rings. The van der Waals surface area contributed by atoms with E-state index in [9.17, 15) is 17.6 Å². The van der Waals surface area contributed by atoms with E-state index < -0.39 is 21.9 Å². The lowest BCUT2D eigenvalue weighted by Crippen LogP contribution is -2.19. The highest BCUT2D eigenvalue weighted by atomic mass is 35.5. The summed E-state index contributed by atoms with van der Waals surface area (Å²) in [5.41, 5.74) is 5.61. The van der Waals surface area contributed by atoms with Gasteiger partial charge in [0.05, 0.1) is 15.6 Å². The van der Waals surface area contributed by atoms with Crippen molar-refractivity contribution in [1.82, 2.24) is 0 Å². The van der Waals surface area contributed by atoms with Crippen LogP contribution in [0.1, 0.15) is 5.56 Å². The van der Waals surface area contributed by atoms with Crippen LogP contribution < -0.4 is 15.8 Å². The standard InChI is InChI=1S/C14H13ClFN3O3S/c1-8-2-4-10(7-12(8)16)23(21,22)19-13-6-9(18-14(17)20)3-5-11(13)15/h2-7,19H,1H3,(H3,17,18,20). The van der Waals surface area contributed by atoms with Gasteiger partial charge in [-0.05, 0) is 42.8 Å². The molecule has 6 nitrogen and oxygen atoms in total. The van der Waals surface area contributed by atoms with E-state index >= 15 is 0 Å². The molecule has 0 fully saturated rings. The van der Waals surface area contributed by atoms with Crippen LogP contribution in [0.5, 0.6) is 0 Å². The van der Waals surface area contributed by atoms with Gasteiger partial charge in [0, 0.05) is 5.69 Å². The minimum absolute atomic E-state index is 0.0268. The number of hydrogen-bond acceptors (Lipinski definition) is 3. The zero-order valence-corrected chi connectivity index (χ0v) is 13.5. The number of halogens is 2. The Labute approximate surface area is 137 Å². The van der Waals surface area contributed by atoms with Crippen LogP contribution in [-0.4, -0.2) is 14.4 Å². The average molecular weight is 358 g/mol. The van der Waals surface area contributed by atoms with E-state index in [0.717, 1.165) is 6.07 Å². The Bertz CT molecular complexity index is 872. The number of sulfonamides is 1. The highest BCUT2D eigenvalue weighted by Crippen LogP contribution is 2.28. The summed E-state index contributed by atoms with van der Waals surface area (Å²) in [5, 5.41) is 2.41. The van der Waals surface area contributed by atoms with Crippen molar-refractivity contribution in [1.29, 1.82) is 0 Å². The Hall–Kier alpha value is -2.32. The fourth-order valence-electron chi connectivity index (χ4n) is 1.77. The molecule has 0 heterocycles. The highest BCUT2D eigenvalue weighted by molar-refractivity contribution is 7.92. The first-order chi connectivity index (χ1) is 10.7. The largest absolute Gasteiger partial charge is 0.351 e. The van der Waals surface area contributed by atoms with E-state index in [1.807, 2.05) is 0 Å². The monoisotopic (exact) mass is 357 g/mol. The molecule has 0 unspecified atom stereocenters. The summed E-state index contributed by atoms with van der Waals surface area (Å²) in [5.74, 6) is -0.636. The second-order valence-corrected chi connectivity index (χ2v) is 6.79. The molecule has 0 saturated heterocycles. The van der Waals surface area contributed by atoms with Gasteiger partial charge in [-0.1, -0.05) is 17.7 Å². The lowest BCUT2D eigenvalue weighted by Gasteiger charge is -2.12. The maximum absolute atomic E-state index is 13.6. The van der Waals surface area contributed by atoms with Crippen molar-refractivity contribution in [3.63, 3.8) is 0 Å². The normalized spacial score (nSPS) is 11.1. The van der Waals surface area contributed by atoms with Crippen molar-refractivity contribution in [2.45, 2.75) is 11.8 Å². The van der Waals surface area contributed by atoms with Crippen LogP contribution in [0.15, 0.2) is 41.3 Å². The molecule has 0 aromatic heterocycles. The Morgan fingerprint density at radius 2 is 1.91 bits per heavy atom. The first-order valence-corrected chi connectivity index (χ1v) is 8.20. The molecule has 4 N–H and O–H groups in total. The Kier molecular flexibility index (Phi) is 4.76. The van der Waals surface area contributed by atoms with Gasteiger partial charge in [0.1, 0.15) is 5.82 Å². The molecular formula is C14H13ClFN3O3S. The number of urea groups is 1. The van der Waals surface area contributed by atoms with Crippen LogP contribution in [0.25, 0.3) is 0 Å². The number of hydrogen-bond donors (Lipinski definition) is 3. The van der Waals surface area contributed by atoms with Crippen LogP contribution >= 0.6 is 11.6 Å². The molecule has 0 bridgehead atoms. The fraction of sp³-hybridized carbons (Fsp3) is 0.0714. The number of nitrogens with two attached hydrogens (primary N) is 1. The molecule has 9 heteroatoms. The van der Waals surface area contributed by atoms with Gasteiger partial charge >= 0.3 is 6.03 Å². The van der Waals surface area contributed by atoms with Gasteiger partial charge in [-0.3, -0.25) is 4.72 Å². The molecule has 0 atom stereocenters. The SMILES string of the molecule is Cc1ccc(S(=O)(=O)Nc2cc(NC(N)=O)ccc2Cl)cc1F. The zero-order chi connectivity index (χ0) is 17.2. The molecule has 0 aliphatic rings. The minimum Gasteiger partial charge on any atom is -0.351 e. The molecule has 0 aliphatic heterocycles. The number of primary amides is 1. The Morgan fingerprint density at radius 3 is 2.52 bits per heavy atom. The molecule has 2 amide bonds. The third kappa shape index (κ3) is 4.11. The lowest BCUT2D eigenvalue weighted by molar-refractivity contribution is 0.259. The van der Waals surface area contributed by atoms with Crippen molar-refractivity contribution >= 4 is 39.0 Å². The van der Waals surface area contributed by atoms with Crippen LogP contribution in [0.3, 0.4) is 0 Å². The molecular weight excluding hydrogens is 345 g/mol. The molecule has 0 aliphatic carbocycles. The summed E-state index contributed by atoms with van der Waals surface area (Å²) in [6.07, 6.45) is 0. The van der Waals surface area contributed by atoms with Gasteiger partial charge < -0.3 is 11.1 Å². The van der Waals surface area contributed by atoms with E-state index in [-0.39, 0.29) is 21.3 Å². The summed E-state index contributed by atoms with van der Waals surface area (Å²) >= 11 is 5.94. The van der Waals surface area contributed by atoms with Crippen LogP contribution in [0, 0.1) is 12.7 Å². The van der Waals surface area contributed by atoms with Crippen molar-refractivity contribution in [3.05, 3.63) is 52.8 Å². The number of anilines is 2.